The molecule has 1 unspecified atom stereocenters. The molecule has 1 fully saturated rings. The summed E-state index contributed by atoms with van der Waals surface area (Å²) in [4.78, 5) is 12.0. The van der Waals surface area contributed by atoms with Gasteiger partial charge in [0.2, 0.25) is 5.95 Å². The Morgan fingerprint density at radius 2 is 2.10 bits per heavy atom. The van der Waals surface area contributed by atoms with Gasteiger partial charge in [0.25, 0.3) is 0 Å². The van der Waals surface area contributed by atoms with Crippen molar-refractivity contribution in [3.63, 3.8) is 0 Å². The van der Waals surface area contributed by atoms with Gasteiger partial charge in [0, 0.05) is 0 Å². The van der Waals surface area contributed by atoms with Crippen LogP contribution in [0.5, 0.6) is 0 Å². The number of hydrogen-bond donors (Lipinski definition) is 6. The fraction of sp³-hybridized carbons (Fsp3) is 0.500. The van der Waals surface area contributed by atoms with Crippen molar-refractivity contribution in [2.75, 3.05) is 17.8 Å². The molecule has 11 nitrogen and oxygen atoms in total. The van der Waals surface area contributed by atoms with Gasteiger partial charge in [-0.15, -0.1) is 0 Å². The number of nitrogens with zero attached hydrogens (tertiary/aromatic N) is 4. The molecule has 0 spiro atoms. The van der Waals surface area contributed by atoms with Crippen LogP contribution >= 0.6 is 0 Å². The Kier molecular flexibility index (Phi) is 3.35. The van der Waals surface area contributed by atoms with Gasteiger partial charge in [0.1, 0.15) is 24.6 Å². The van der Waals surface area contributed by atoms with E-state index in [4.69, 9.17) is 21.4 Å². The molecule has 0 aromatic carbocycles. The fourth-order valence-electron chi connectivity index (χ4n) is 2.36. The largest absolute Gasteiger partial charge is 0.394 e. The van der Waals surface area contributed by atoms with E-state index in [9.17, 15) is 10.2 Å². The van der Waals surface area contributed by atoms with Crippen LogP contribution in [0, 0.1) is 0 Å². The number of nitrogens with two attached hydrogens (primary N) is 2. The van der Waals surface area contributed by atoms with Crippen LogP contribution in [0.15, 0.2) is 6.33 Å². The smallest absolute Gasteiger partial charge is 0.221 e. The Morgan fingerprint density at radius 3 is 2.71 bits per heavy atom. The molecule has 1 aliphatic rings. The predicted molar refractivity (Wildman–Crippen MR) is 70.6 cm³/mol. The molecule has 1 aliphatic heterocycles. The molecule has 0 amide bonds. The lowest BCUT2D eigenvalue weighted by molar-refractivity contribution is -0.0501. The fourth-order valence-corrected chi connectivity index (χ4v) is 2.36. The first-order valence-electron chi connectivity index (χ1n) is 6.16. The summed E-state index contributed by atoms with van der Waals surface area (Å²) >= 11 is 0. The van der Waals surface area contributed by atoms with Crippen molar-refractivity contribution in [2.45, 2.75) is 24.5 Å². The van der Waals surface area contributed by atoms with Crippen LogP contribution in [-0.4, -0.2) is 59.8 Å². The molecule has 11 heteroatoms. The first-order valence-corrected chi connectivity index (χ1v) is 6.16. The van der Waals surface area contributed by atoms with Crippen molar-refractivity contribution in [3.8, 4) is 0 Å². The Bertz CT molecular complexity index is 662. The van der Waals surface area contributed by atoms with E-state index in [1.165, 1.54) is 10.9 Å². The maximum Gasteiger partial charge on any atom is 0.221 e. The number of anilines is 2. The van der Waals surface area contributed by atoms with Crippen molar-refractivity contribution in [3.05, 3.63) is 6.33 Å². The van der Waals surface area contributed by atoms with Crippen LogP contribution in [0.1, 0.15) is 6.23 Å². The number of ether oxygens (including phenoxy) is 1. The number of hydrazine groups is 1. The lowest BCUT2D eigenvalue weighted by atomic mass is 10.1. The summed E-state index contributed by atoms with van der Waals surface area (Å²) in [5.74, 6) is 5.68. The molecular weight excluding hydrogens is 282 g/mol. The molecule has 8 N–H and O–H groups in total. The summed E-state index contributed by atoms with van der Waals surface area (Å²) < 4.78 is 6.80. The van der Waals surface area contributed by atoms with Gasteiger partial charge < -0.3 is 25.8 Å². The number of hydrogen-bond acceptors (Lipinski definition) is 10. The maximum absolute atomic E-state index is 10.1. The Hall–Kier alpha value is -2.05. The van der Waals surface area contributed by atoms with Crippen molar-refractivity contribution in [1.82, 2.24) is 19.5 Å². The van der Waals surface area contributed by atoms with Crippen LogP contribution < -0.4 is 17.0 Å². The van der Waals surface area contributed by atoms with Gasteiger partial charge in [-0.05, 0) is 0 Å². The Balaban J connectivity index is 2.14. The monoisotopic (exact) mass is 297 g/mol. The summed E-state index contributed by atoms with van der Waals surface area (Å²) in [6.07, 6.45) is -3.25. The highest BCUT2D eigenvalue weighted by molar-refractivity contribution is 5.84. The molecule has 114 valence electrons. The average Bonchev–Trinajstić information content (AvgIpc) is 2.99. The number of rotatable bonds is 3. The molecule has 0 saturated carbocycles. The summed E-state index contributed by atoms with van der Waals surface area (Å²) in [5, 5.41) is 29.1. The first-order chi connectivity index (χ1) is 10.1. The number of imidazole rings is 1. The number of aliphatic hydroxyl groups excluding tert-OH is 3. The Labute approximate surface area is 118 Å². The van der Waals surface area contributed by atoms with Crippen molar-refractivity contribution in [1.29, 1.82) is 0 Å². The van der Waals surface area contributed by atoms with Gasteiger partial charge >= 0.3 is 0 Å². The predicted octanol–water partition coefficient (Wildman–Crippen LogP) is -2.69. The quantitative estimate of drug-likeness (QED) is 0.258. The molecule has 0 bridgehead atoms. The van der Waals surface area contributed by atoms with Crippen LogP contribution in [-0.2, 0) is 4.74 Å². The molecule has 4 atom stereocenters. The highest BCUT2D eigenvalue weighted by Crippen LogP contribution is 2.34. The van der Waals surface area contributed by atoms with Gasteiger partial charge in [-0.25, -0.2) is 20.8 Å². The number of nitrogen functional groups attached to an aromatic ring is 2. The molecule has 21 heavy (non-hydrogen) atoms. The number of nitrogens with one attached hydrogen (secondary N) is 1. The summed E-state index contributed by atoms with van der Waals surface area (Å²) in [5.41, 5.74) is 8.63. The lowest BCUT2D eigenvalue weighted by Crippen LogP contribution is -2.33. The normalized spacial score (nSPS) is 29.1. The number of aromatic nitrogens is 4. The summed E-state index contributed by atoms with van der Waals surface area (Å²) in [6, 6.07) is 0. The molecular formula is C10H15N7O4. The average molecular weight is 297 g/mol. The standard InChI is InChI=1S/C10H15N7O4/c11-7-4-8(14-2-13-7)17(10(15-4)16-12)9-6(20)5(19)3(1-18)21-9/h2-3,5-6,9,18-20H,1,12H2,(H,15,16)(H2,11,13,14)/t3-,5?,6+,9-/m1/s1. The minimum absolute atomic E-state index is 0.132. The number of aliphatic hydroxyl groups is 3. The van der Waals surface area contributed by atoms with Crippen molar-refractivity contribution in [2.24, 2.45) is 5.84 Å². The minimum Gasteiger partial charge on any atom is -0.394 e. The number of fused-ring (bicyclic) bond motifs is 1. The molecule has 3 rings (SSSR count). The van der Waals surface area contributed by atoms with E-state index >= 15 is 0 Å². The lowest BCUT2D eigenvalue weighted by Gasteiger charge is -2.18. The SMILES string of the molecule is NNc1nc2c(N)ncnc2n1[C@@H]1O[C@H](CO)C(O)[C@@H]1O. The Morgan fingerprint density at radius 1 is 1.33 bits per heavy atom. The van der Waals surface area contributed by atoms with Crippen LogP contribution in [0.25, 0.3) is 11.2 Å². The zero-order chi connectivity index (χ0) is 15.1. The maximum atomic E-state index is 10.1. The van der Waals surface area contributed by atoms with Gasteiger partial charge in [-0.2, -0.15) is 0 Å². The van der Waals surface area contributed by atoms with Crippen molar-refractivity contribution < 1.29 is 20.1 Å². The van der Waals surface area contributed by atoms with Crippen LogP contribution in [0.4, 0.5) is 11.8 Å². The van der Waals surface area contributed by atoms with Gasteiger partial charge in [-0.3, -0.25) is 9.99 Å². The van der Waals surface area contributed by atoms with E-state index in [1.54, 1.807) is 0 Å². The minimum atomic E-state index is -1.29. The summed E-state index contributed by atoms with van der Waals surface area (Å²) in [6.45, 7) is -0.441. The third-order valence-electron chi connectivity index (χ3n) is 3.41. The van der Waals surface area contributed by atoms with Gasteiger partial charge in [0.05, 0.1) is 6.61 Å². The van der Waals surface area contributed by atoms with Gasteiger partial charge in [0.15, 0.2) is 23.2 Å². The second-order valence-corrected chi connectivity index (χ2v) is 4.61. The molecule has 2 aromatic rings. The van der Waals surface area contributed by atoms with E-state index in [2.05, 4.69) is 20.4 Å². The second-order valence-electron chi connectivity index (χ2n) is 4.61. The molecule has 2 aromatic heterocycles. The van der Waals surface area contributed by atoms with E-state index in [-0.39, 0.29) is 22.9 Å². The van der Waals surface area contributed by atoms with E-state index in [1.807, 2.05) is 0 Å². The van der Waals surface area contributed by atoms with E-state index in [0.29, 0.717) is 0 Å². The molecule has 1 saturated heterocycles. The molecule has 0 aliphatic carbocycles. The first kappa shape index (κ1) is 13.9. The van der Waals surface area contributed by atoms with E-state index < -0.39 is 31.1 Å². The zero-order valence-electron chi connectivity index (χ0n) is 10.8. The molecule has 0 radical (unpaired) electrons. The zero-order valence-corrected chi connectivity index (χ0v) is 10.8. The van der Waals surface area contributed by atoms with Gasteiger partial charge in [-0.1, -0.05) is 0 Å². The molecule has 3 heterocycles. The van der Waals surface area contributed by atoms with Crippen LogP contribution in [0.2, 0.25) is 0 Å². The second kappa shape index (κ2) is 5.05. The summed E-state index contributed by atoms with van der Waals surface area (Å²) in [7, 11) is 0. The van der Waals surface area contributed by atoms with Crippen LogP contribution in [0.3, 0.4) is 0 Å². The van der Waals surface area contributed by atoms with E-state index in [0.717, 1.165) is 0 Å². The third kappa shape index (κ3) is 1.99. The van der Waals surface area contributed by atoms with Crippen molar-refractivity contribution >= 4 is 22.9 Å². The highest BCUT2D eigenvalue weighted by atomic mass is 16.6. The highest BCUT2D eigenvalue weighted by Gasteiger charge is 2.45. The topological polar surface area (TPSA) is 178 Å². The third-order valence-corrected chi connectivity index (χ3v) is 3.41.